The molecule has 2 heterocycles. The number of fused-ring (bicyclic) bond motifs is 1. The lowest BCUT2D eigenvalue weighted by Gasteiger charge is -2.36. The zero-order valence-electron chi connectivity index (χ0n) is 26.8. The van der Waals surface area contributed by atoms with Crippen LogP contribution in [0.1, 0.15) is 82.8 Å². The number of hydrogen-bond donors (Lipinski definition) is 2. The lowest BCUT2D eigenvalue weighted by molar-refractivity contribution is 0.0544. The Hall–Kier alpha value is -4.43. The minimum Gasteiger partial charge on any atom is -0.508 e. The quantitative estimate of drug-likeness (QED) is 0.204. The maximum absolute atomic E-state index is 14.5. The largest absolute Gasteiger partial charge is 0.508 e. The topological polar surface area (TPSA) is 98.9 Å². The molecule has 0 saturated heterocycles. The number of aryl methyl sites for hydroxylation is 2. The van der Waals surface area contributed by atoms with E-state index in [2.05, 4.69) is 19.9 Å². The normalized spacial score (nSPS) is 14.3. The van der Waals surface area contributed by atoms with Crippen LogP contribution in [0.15, 0.2) is 66.7 Å². The summed E-state index contributed by atoms with van der Waals surface area (Å²) in [5.74, 6) is -0.109. The van der Waals surface area contributed by atoms with Gasteiger partial charge in [0.25, 0.3) is 11.8 Å². The Kier molecular flexibility index (Phi) is 10.0. The van der Waals surface area contributed by atoms with E-state index in [-0.39, 0.29) is 30.2 Å². The average molecular weight is 609 g/mol. The van der Waals surface area contributed by atoms with E-state index < -0.39 is 0 Å². The van der Waals surface area contributed by atoms with Crippen molar-refractivity contribution in [2.75, 3.05) is 19.7 Å². The molecular weight excluding hydrogens is 564 g/mol. The third kappa shape index (κ3) is 6.81. The Morgan fingerprint density at radius 2 is 1.58 bits per heavy atom. The molecule has 0 spiro atoms. The third-order valence-corrected chi connectivity index (χ3v) is 8.77. The van der Waals surface area contributed by atoms with Gasteiger partial charge >= 0.3 is 0 Å². The number of carbonyl (C=O) groups excluding carboxylic acids is 2. The number of carbonyl (C=O) groups is 2. The van der Waals surface area contributed by atoms with Gasteiger partial charge in [0.15, 0.2) is 5.69 Å². The third-order valence-electron chi connectivity index (χ3n) is 8.77. The summed E-state index contributed by atoms with van der Waals surface area (Å²) in [5.41, 5.74) is 6.71. The van der Waals surface area contributed by atoms with Gasteiger partial charge in [-0.3, -0.25) is 9.59 Å². The molecule has 2 N–H and O–H groups in total. The number of phenolic OH excluding ortho intramolecular Hbond substituents is 1. The summed E-state index contributed by atoms with van der Waals surface area (Å²) in [6.45, 7) is 9.56. The Balaban J connectivity index is 1.59. The van der Waals surface area contributed by atoms with E-state index in [1.54, 1.807) is 21.7 Å². The Bertz CT molecular complexity index is 1670. The SMILES string of the molecule is CCCCN(CCCC)C(=O)c1cc(C)n(-c2ccc(-c3ccc(O)c(C)c3)cc2C(=O)N2Cc3ccccc3C[C@H]2CO)n1. The van der Waals surface area contributed by atoms with Gasteiger partial charge in [0.05, 0.1) is 23.9 Å². The highest BCUT2D eigenvalue weighted by Crippen LogP contribution is 2.32. The number of nitrogens with zero attached hydrogens (tertiary/aromatic N) is 4. The number of benzene rings is 3. The molecule has 8 nitrogen and oxygen atoms in total. The molecule has 0 fully saturated rings. The predicted molar refractivity (Wildman–Crippen MR) is 177 cm³/mol. The molecular formula is C37H44N4O4. The number of aliphatic hydroxyl groups is 1. The van der Waals surface area contributed by atoms with E-state index in [4.69, 9.17) is 5.10 Å². The molecule has 2 amide bonds. The van der Waals surface area contributed by atoms with E-state index in [1.807, 2.05) is 67.3 Å². The molecule has 1 atom stereocenters. The first-order chi connectivity index (χ1) is 21.7. The van der Waals surface area contributed by atoms with Crippen molar-refractivity contribution in [1.29, 1.82) is 0 Å². The van der Waals surface area contributed by atoms with Crippen LogP contribution in [0.25, 0.3) is 16.8 Å². The van der Waals surface area contributed by atoms with Gasteiger partial charge in [-0.15, -0.1) is 0 Å². The lowest BCUT2D eigenvalue weighted by Crippen LogP contribution is -2.46. The summed E-state index contributed by atoms with van der Waals surface area (Å²) in [7, 11) is 0. The smallest absolute Gasteiger partial charge is 0.274 e. The first-order valence-electron chi connectivity index (χ1n) is 16.0. The summed E-state index contributed by atoms with van der Waals surface area (Å²) in [5, 5.41) is 25.3. The molecule has 1 aliphatic heterocycles. The number of aromatic nitrogens is 2. The van der Waals surface area contributed by atoms with Gasteiger partial charge in [0, 0.05) is 25.3 Å². The standard InChI is InChI=1S/C37H44N4O4/c1-5-7-17-39(18-8-6-2)37(45)33-20-26(4)41(38-33)34-15-13-29(28-14-16-35(43)25(3)19-28)22-32(34)36(44)40-23-30-12-10-9-11-27(30)21-31(40)24-42/h9-16,19-20,22,31,42-43H,5-8,17-18,21,23-24H2,1-4H3/t31-/m0/s1. The van der Waals surface area contributed by atoms with Crippen LogP contribution in [0.2, 0.25) is 0 Å². The van der Waals surface area contributed by atoms with Crippen molar-refractivity contribution in [2.24, 2.45) is 0 Å². The molecule has 236 valence electrons. The molecule has 0 unspecified atom stereocenters. The van der Waals surface area contributed by atoms with Gasteiger partial charge in [-0.25, -0.2) is 4.68 Å². The minimum atomic E-state index is -0.374. The van der Waals surface area contributed by atoms with Crippen molar-refractivity contribution in [3.8, 4) is 22.6 Å². The van der Waals surface area contributed by atoms with E-state index in [9.17, 15) is 19.8 Å². The summed E-state index contributed by atoms with van der Waals surface area (Å²) in [6, 6.07) is 20.5. The number of aliphatic hydroxyl groups excluding tert-OH is 1. The van der Waals surface area contributed by atoms with Crippen LogP contribution in [-0.2, 0) is 13.0 Å². The van der Waals surface area contributed by atoms with Gasteiger partial charge in [0.1, 0.15) is 5.75 Å². The first kappa shape index (κ1) is 32.0. The fraction of sp³-hybridized carbons (Fsp3) is 0.378. The highest BCUT2D eigenvalue weighted by atomic mass is 16.3. The van der Waals surface area contributed by atoms with Crippen molar-refractivity contribution < 1.29 is 19.8 Å². The predicted octanol–water partition coefficient (Wildman–Crippen LogP) is 6.46. The van der Waals surface area contributed by atoms with Crippen molar-refractivity contribution in [2.45, 2.75) is 72.4 Å². The Labute approximate surface area is 265 Å². The number of rotatable bonds is 11. The fourth-order valence-corrected chi connectivity index (χ4v) is 6.05. The lowest BCUT2D eigenvalue weighted by atomic mass is 9.93. The number of aromatic hydroxyl groups is 1. The van der Waals surface area contributed by atoms with Crippen molar-refractivity contribution in [1.82, 2.24) is 19.6 Å². The van der Waals surface area contributed by atoms with Crippen molar-refractivity contribution >= 4 is 11.8 Å². The highest BCUT2D eigenvalue weighted by molar-refractivity contribution is 6.00. The molecule has 45 heavy (non-hydrogen) atoms. The number of unbranched alkanes of at least 4 members (excludes halogenated alkanes) is 2. The second-order valence-corrected chi connectivity index (χ2v) is 12.1. The zero-order chi connectivity index (χ0) is 32.1. The number of amides is 2. The van der Waals surface area contributed by atoms with E-state index in [1.165, 1.54) is 0 Å². The van der Waals surface area contributed by atoms with Crippen LogP contribution in [-0.4, -0.2) is 67.3 Å². The molecule has 8 heteroatoms. The van der Waals surface area contributed by atoms with Gasteiger partial charge < -0.3 is 20.0 Å². The molecule has 4 aromatic rings. The zero-order valence-corrected chi connectivity index (χ0v) is 26.8. The molecule has 0 bridgehead atoms. The second kappa shape index (κ2) is 14.1. The van der Waals surface area contributed by atoms with Crippen LogP contribution < -0.4 is 0 Å². The summed E-state index contributed by atoms with van der Waals surface area (Å²) < 4.78 is 1.69. The van der Waals surface area contributed by atoms with Gasteiger partial charge in [-0.2, -0.15) is 5.10 Å². The monoisotopic (exact) mass is 608 g/mol. The van der Waals surface area contributed by atoms with E-state index >= 15 is 0 Å². The summed E-state index contributed by atoms with van der Waals surface area (Å²) >= 11 is 0. The van der Waals surface area contributed by atoms with Crippen LogP contribution in [0.4, 0.5) is 0 Å². The molecule has 0 saturated carbocycles. The van der Waals surface area contributed by atoms with E-state index in [0.717, 1.165) is 59.2 Å². The first-order valence-corrected chi connectivity index (χ1v) is 16.0. The van der Waals surface area contributed by atoms with Crippen LogP contribution in [0.5, 0.6) is 5.75 Å². The van der Waals surface area contributed by atoms with E-state index in [0.29, 0.717) is 43.0 Å². The maximum atomic E-state index is 14.5. The molecule has 3 aromatic carbocycles. The molecule has 0 aliphatic carbocycles. The highest BCUT2D eigenvalue weighted by Gasteiger charge is 2.32. The maximum Gasteiger partial charge on any atom is 0.274 e. The van der Waals surface area contributed by atoms with Crippen molar-refractivity contribution in [3.63, 3.8) is 0 Å². The van der Waals surface area contributed by atoms with Gasteiger partial charge in [0.2, 0.25) is 0 Å². The number of phenols is 1. The summed E-state index contributed by atoms with van der Waals surface area (Å²) in [4.78, 5) is 31.8. The minimum absolute atomic E-state index is 0.101. The summed E-state index contributed by atoms with van der Waals surface area (Å²) in [6.07, 6.45) is 4.42. The van der Waals surface area contributed by atoms with Crippen LogP contribution >= 0.6 is 0 Å². The number of hydrogen-bond acceptors (Lipinski definition) is 5. The molecule has 5 rings (SSSR count). The molecule has 1 aliphatic rings. The molecule has 1 aromatic heterocycles. The average Bonchev–Trinajstić information content (AvgIpc) is 3.45. The van der Waals surface area contributed by atoms with Crippen LogP contribution in [0.3, 0.4) is 0 Å². The fourth-order valence-electron chi connectivity index (χ4n) is 6.05. The van der Waals surface area contributed by atoms with Gasteiger partial charge in [-0.05, 0) is 91.3 Å². The van der Waals surface area contributed by atoms with Gasteiger partial charge in [-0.1, -0.05) is 63.1 Å². The van der Waals surface area contributed by atoms with Crippen LogP contribution in [0, 0.1) is 13.8 Å². The Morgan fingerprint density at radius 3 is 2.24 bits per heavy atom. The van der Waals surface area contributed by atoms with Crippen molar-refractivity contribution in [3.05, 3.63) is 100 Å². The Morgan fingerprint density at radius 1 is 0.911 bits per heavy atom. The molecule has 0 radical (unpaired) electrons. The second-order valence-electron chi connectivity index (χ2n) is 12.1.